The number of carbonyl (C=O) groups is 3. The predicted molar refractivity (Wildman–Crippen MR) is 108 cm³/mol. The quantitative estimate of drug-likeness (QED) is 0.751. The third kappa shape index (κ3) is 5.53. The number of anilines is 1. The zero-order valence-corrected chi connectivity index (χ0v) is 16.8. The van der Waals surface area contributed by atoms with E-state index < -0.39 is 0 Å². The number of likely N-dealkylation sites (tertiary alicyclic amines) is 1. The lowest BCUT2D eigenvalue weighted by Crippen LogP contribution is -2.42. The van der Waals surface area contributed by atoms with Crippen LogP contribution in [-0.2, 0) is 9.59 Å². The second-order valence-electron chi connectivity index (χ2n) is 6.52. The van der Waals surface area contributed by atoms with Gasteiger partial charge < -0.3 is 15.5 Å². The summed E-state index contributed by atoms with van der Waals surface area (Å²) in [6.07, 6.45) is 2.94. The Bertz CT molecular complexity index is 818. The van der Waals surface area contributed by atoms with Gasteiger partial charge in [-0.1, -0.05) is 11.6 Å². The van der Waals surface area contributed by atoms with Crippen LogP contribution >= 0.6 is 22.9 Å². The Morgan fingerprint density at radius 2 is 2.00 bits per heavy atom. The molecule has 3 heterocycles. The summed E-state index contributed by atoms with van der Waals surface area (Å²) in [6.45, 7) is 1.36. The number of amides is 3. The van der Waals surface area contributed by atoms with Gasteiger partial charge in [-0.05, 0) is 36.4 Å². The third-order valence-electron chi connectivity index (χ3n) is 4.60. The number of hydrogen-bond donors (Lipinski definition) is 2. The number of carbonyl (C=O) groups excluding carboxylic acids is 3. The molecule has 1 aliphatic heterocycles. The van der Waals surface area contributed by atoms with Crippen LogP contribution in [-0.4, -0.2) is 47.2 Å². The molecule has 2 aromatic heterocycles. The summed E-state index contributed by atoms with van der Waals surface area (Å²) < 4.78 is 0. The largest absolute Gasteiger partial charge is 0.351 e. The van der Waals surface area contributed by atoms with E-state index in [1.165, 1.54) is 17.5 Å². The van der Waals surface area contributed by atoms with Crippen LogP contribution in [0.25, 0.3) is 0 Å². The molecule has 148 valence electrons. The van der Waals surface area contributed by atoms with E-state index in [4.69, 9.17) is 11.6 Å². The summed E-state index contributed by atoms with van der Waals surface area (Å²) in [5, 5.41) is 9.65. The molecule has 0 bridgehead atoms. The molecule has 0 aromatic carbocycles. The van der Waals surface area contributed by atoms with E-state index in [1.54, 1.807) is 28.5 Å². The van der Waals surface area contributed by atoms with Crippen molar-refractivity contribution in [2.75, 3.05) is 25.0 Å². The first-order valence-electron chi connectivity index (χ1n) is 9.03. The van der Waals surface area contributed by atoms with Gasteiger partial charge in [0.1, 0.15) is 5.82 Å². The van der Waals surface area contributed by atoms with Gasteiger partial charge in [-0.15, -0.1) is 0 Å². The Labute approximate surface area is 172 Å². The molecular weight excluding hydrogens is 400 g/mol. The molecule has 0 saturated carbocycles. The molecule has 1 aliphatic rings. The van der Waals surface area contributed by atoms with Gasteiger partial charge in [-0.3, -0.25) is 14.4 Å². The number of piperidine rings is 1. The molecule has 2 N–H and O–H groups in total. The minimum Gasteiger partial charge on any atom is -0.351 e. The highest BCUT2D eigenvalue weighted by Gasteiger charge is 2.27. The highest BCUT2D eigenvalue weighted by atomic mass is 35.5. The van der Waals surface area contributed by atoms with Gasteiger partial charge in [0, 0.05) is 49.1 Å². The van der Waals surface area contributed by atoms with Crippen molar-refractivity contribution in [1.29, 1.82) is 0 Å². The SMILES string of the molecule is O=C(NCCC(=O)N1CCC(C(=O)Nc2ccc(Cl)cn2)CC1)c1ccsc1. The number of nitrogens with zero attached hydrogens (tertiary/aromatic N) is 2. The molecule has 1 saturated heterocycles. The molecule has 0 atom stereocenters. The summed E-state index contributed by atoms with van der Waals surface area (Å²) in [4.78, 5) is 42.3. The van der Waals surface area contributed by atoms with E-state index in [-0.39, 0.29) is 30.1 Å². The van der Waals surface area contributed by atoms with Crippen LogP contribution in [0, 0.1) is 5.92 Å². The molecule has 9 heteroatoms. The smallest absolute Gasteiger partial charge is 0.252 e. The van der Waals surface area contributed by atoms with Crippen LogP contribution in [0.15, 0.2) is 35.2 Å². The van der Waals surface area contributed by atoms with Crippen LogP contribution in [0.2, 0.25) is 5.02 Å². The normalized spacial score (nSPS) is 14.5. The van der Waals surface area contributed by atoms with E-state index >= 15 is 0 Å². The Morgan fingerprint density at radius 1 is 1.21 bits per heavy atom. The first-order valence-corrected chi connectivity index (χ1v) is 10.4. The maximum atomic E-state index is 12.4. The van der Waals surface area contributed by atoms with Gasteiger partial charge in [0.2, 0.25) is 11.8 Å². The van der Waals surface area contributed by atoms with Gasteiger partial charge in [-0.25, -0.2) is 4.98 Å². The van der Waals surface area contributed by atoms with E-state index in [0.717, 1.165) is 0 Å². The maximum absolute atomic E-state index is 12.4. The summed E-state index contributed by atoms with van der Waals surface area (Å²) in [5.41, 5.74) is 0.611. The maximum Gasteiger partial charge on any atom is 0.252 e. The fourth-order valence-electron chi connectivity index (χ4n) is 3.01. The van der Waals surface area contributed by atoms with Crippen LogP contribution in [0.5, 0.6) is 0 Å². The minimum absolute atomic E-state index is 0.0103. The number of nitrogens with one attached hydrogen (secondary N) is 2. The van der Waals surface area contributed by atoms with Crippen molar-refractivity contribution in [2.45, 2.75) is 19.3 Å². The Morgan fingerprint density at radius 3 is 2.64 bits per heavy atom. The summed E-state index contributed by atoms with van der Waals surface area (Å²) in [6, 6.07) is 5.07. The summed E-state index contributed by atoms with van der Waals surface area (Å²) in [7, 11) is 0. The lowest BCUT2D eigenvalue weighted by Gasteiger charge is -2.31. The van der Waals surface area contributed by atoms with E-state index in [9.17, 15) is 14.4 Å². The molecule has 3 amide bonds. The Hall–Kier alpha value is -2.45. The molecule has 0 radical (unpaired) electrons. The van der Waals surface area contributed by atoms with Crippen molar-refractivity contribution in [1.82, 2.24) is 15.2 Å². The predicted octanol–water partition coefficient (Wildman–Crippen LogP) is 2.79. The molecule has 0 aliphatic carbocycles. The molecule has 0 spiro atoms. The third-order valence-corrected chi connectivity index (χ3v) is 5.51. The highest BCUT2D eigenvalue weighted by molar-refractivity contribution is 7.08. The fraction of sp³-hybridized carbons (Fsp3) is 0.368. The number of thiophene rings is 1. The van der Waals surface area contributed by atoms with Crippen molar-refractivity contribution >= 4 is 46.5 Å². The number of aromatic nitrogens is 1. The first kappa shape index (κ1) is 20.3. The average Bonchev–Trinajstić information content (AvgIpc) is 3.24. The lowest BCUT2D eigenvalue weighted by atomic mass is 9.95. The van der Waals surface area contributed by atoms with Crippen LogP contribution in [0.1, 0.15) is 29.6 Å². The van der Waals surface area contributed by atoms with E-state index in [0.29, 0.717) is 48.9 Å². The zero-order valence-electron chi connectivity index (χ0n) is 15.2. The number of pyridine rings is 1. The van der Waals surface area contributed by atoms with E-state index in [1.807, 2.05) is 5.38 Å². The molecule has 2 aromatic rings. The molecule has 3 rings (SSSR count). The fourth-order valence-corrected chi connectivity index (χ4v) is 3.75. The van der Waals surface area contributed by atoms with Crippen molar-refractivity contribution in [3.8, 4) is 0 Å². The highest BCUT2D eigenvalue weighted by Crippen LogP contribution is 2.20. The second-order valence-corrected chi connectivity index (χ2v) is 7.74. The molecule has 1 fully saturated rings. The van der Waals surface area contributed by atoms with E-state index in [2.05, 4.69) is 15.6 Å². The van der Waals surface area contributed by atoms with Crippen LogP contribution in [0.3, 0.4) is 0 Å². The van der Waals surface area contributed by atoms with Gasteiger partial charge in [0.25, 0.3) is 5.91 Å². The van der Waals surface area contributed by atoms with Crippen LogP contribution in [0.4, 0.5) is 5.82 Å². The van der Waals surface area contributed by atoms with Crippen molar-refractivity contribution in [2.24, 2.45) is 5.92 Å². The van der Waals surface area contributed by atoms with Gasteiger partial charge in [-0.2, -0.15) is 11.3 Å². The first-order chi connectivity index (χ1) is 13.5. The zero-order chi connectivity index (χ0) is 19.9. The molecule has 28 heavy (non-hydrogen) atoms. The number of hydrogen-bond acceptors (Lipinski definition) is 5. The van der Waals surface area contributed by atoms with Crippen LogP contribution < -0.4 is 10.6 Å². The van der Waals surface area contributed by atoms with Gasteiger partial charge in [0.15, 0.2) is 0 Å². The topological polar surface area (TPSA) is 91.4 Å². The monoisotopic (exact) mass is 420 g/mol. The molecule has 7 nitrogen and oxygen atoms in total. The van der Waals surface area contributed by atoms with Crippen molar-refractivity contribution in [3.63, 3.8) is 0 Å². The summed E-state index contributed by atoms with van der Waals surface area (Å²) >= 11 is 7.24. The summed E-state index contributed by atoms with van der Waals surface area (Å²) in [5.74, 6) is 0.0446. The number of rotatable bonds is 6. The Balaban J connectivity index is 1.38. The standard InChI is InChI=1S/C19H21ClN4O3S/c20-15-1-2-16(22-11-15)23-19(27)13-4-8-24(9-5-13)17(25)3-7-21-18(26)14-6-10-28-12-14/h1-2,6,10-13H,3-5,7-9H2,(H,21,26)(H,22,23,27). The average molecular weight is 421 g/mol. The van der Waals surface area contributed by atoms with Gasteiger partial charge in [0.05, 0.1) is 5.02 Å². The van der Waals surface area contributed by atoms with Gasteiger partial charge >= 0.3 is 0 Å². The van der Waals surface area contributed by atoms with Crippen molar-refractivity contribution in [3.05, 3.63) is 45.7 Å². The Kier molecular flexibility index (Phi) is 7.00. The lowest BCUT2D eigenvalue weighted by molar-refractivity contribution is -0.134. The minimum atomic E-state index is -0.166. The number of halogens is 1. The molecular formula is C19H21ClN4O3S. The molecule has 0 unspecified atom stereocenters. The van der Waals surface area contributed by atoms with Crippen molar-refractivity contribution < 1.29 is 14.4 Å². The second kappa shape index (κ2) is 9.66.